The zero-order valence-corrected chi connectivity index (χ0v) is 11.2. The topological polar surface area (TPSA) is 150 Å². The van der Waals surface area contributed by atoms with Crippen LogP contribution in [0.5, 0.6) is 0 Å². The van der Waals surface area contributed by atoms with Gasteiger partial charge >= 0.3 is 0 Å². The van der Waals surface area contributed by atoms with Gasteiger partial charge in [0.25, 0.3) is 17.9 Å². The second-order valence-electron chi connectivity index (χ2n) is 2.90. The maximum Gasteiger partial charge on any atom is 0.300 e. The van der Waals surface area contributed by atoms with Crippen molar-refractivity contribution in [3.8, 4) is 0 Å². The van der Waals surface area contributed by atoms with Crippen LogP contribution in [0.15, 0.2) is 0 Å². The summed E-state index contributed by atoms with van der Waals surface area (Å²) in [6.07, 6.45) is 0. The summed E-state index contributed by atoms with van der Waals surface area (Å²) in [5.74, 6) is -2.50. The van der Waals surface area contributed by atoms with Crippen molar-refractivity contribution in [2.75, 3.05) is 21.1 Å². The van der Waals surface area contributed by atoms with Gasteiger partial charge in [-0.1, -0.05) is 0 Å². The molecular formula is C9H24N2O6. The molecule has 0 aromatic carbocycles. The van der Waals surface area contributed by atoms with Gasteiger partial charge < -0.3 is 26.4 Å². The van der Waals surface area contributed by atoms with Crippen molar-refractivity contribution >= 4 is 17.9 Å². The highest BCUT2D eigenvalue weighted by Gasteiger charge is 1.66. The lowest BCUT2D eigenvalue weighted by atomic mass is 10.9. The lowest BCUT2D eigenvalue weighted by Gasteiger charge is -1.90. The van der Waals surface area contributed by atoms with E-state index in [1.165, 1.54) is 0 Å². The van der Waals surface area contributed by atoms with Crippen LogP contribution in [0.1, 0.15) is 20.8 Å². The highest BCUT2D eigenvalue weighted by atomic mass is 16.4. The summed E-state index contributed by atoms with van der Waals surface area (Å²) in [6.45, 7) is 3.25. The molecule has 8 heteroatoms. The summed E-state index contributed by atoms with van der Waals surface area (Å²) in [5.41, 5.74) is 0. The first-order valence-electron chi connectivity index (χ1n) is 4.12. The zero-order valence-electron chi connectivity index (χ0n) is 11.2. The fourth-order valence-corrected chi connectivity index (χ4v) is 0. The van der Waals surface area contributed by atoms with Gasteiger partial charge in [0, 0.05) is 20.8 Å². The number of rotatable bonds is 0. The highest BCUT2D eigenvalue weighted by molar-refractivity contribution is 5.63. The molecule has 0 rings (SSSR count). The quantitative estimate of drug-likeness (QED) is 0.492. The Morgan fingerprint density at radius 1 is 0.706 bits per heavy atom. The minimum absolute atomic E-state index is 0. The van der Waals surface area contributed by atoms with Crippen molar-refractivity contribution < 1.29 is 29.7 Å². The fraction of sp³-hybridized carbons (Fsp3) is 0.667. The SMILES string of the molecule is CC(=O)O.CC(=O)O.CC(=O)O.CN(C)C.N. The largest absolute Gasteiger partial charge is 0.481 e. The maximum absolute atomic E-state index is 9.00. The molecule has 0 atom stereocenters. The molecular weight excluding hydrogens is 232 g/mol. The Bertz CT molecular complexity index is 151. The first-order valence-corrected chi connectivity index (χ1v) is 4.12. The highest BCUT2D eigenvalue weighted by Crippen LogP contribution is 1.47. The summed E-state index contributed by atoms with van der Waals surface area (Å²) in [5, 5.41) is 22.2. The van der Waals surface area contributed by atoms with Gasteiger partial charge in [-0.25, -0.2) is 0 Å². The molecule has 0 saturated heterocycles. The Balaban J connectivity index is -0.0000000369. The van der Waals surface area contributed by atoms with Crippen molar-refractivity contribution in [3.63, 3.8) is 0 Å². The zero-order chi connectivity index (χ0) is 14.3. The van der Waals surface area contributed by atoms with Crippen LogP contribution < -0.4 is 6.15 Å². The third kappa shape index (κ3) is 781. The summed E-state index contributed by atoms with van der Waals surface area (Å²) in [4.78, 5) is 29.0. The number of carbonyl (C=O) groups is 3. The van der Waals surface area contributed by atoms with Crippen molar-refractivity contribution in [2.24, 2.45) is 0 Å². The predicted molar refractivity (Wildman–Crippen MR) is 64.6 cm³/mol. The molecule has 6 N–H and O–H groups in total. The summed E-state index contributed by atoms with van der Waals surface area (Å²) >= 11 is 0. The first kappa shape index (κ1) is 29.5. The van der Waals surface area contributed by atoms with E-state index in [1.54, 1.807) is 0 Å². The molecule has 106 valence electrons. The number of nitrogens with zero attached hydrogens (tertiary/aromatic N) is 1. The standard InChI is InChI=1S/C3H9N.3C2H4O2.H3N/c1-4(2)3;3*1-2(3)4;/h1-3H3;3*1H3,(H,3,4);1H3. The van der Waals surface area contributed by atoms with Gasteiger partial charge in [0.2, 0.25) is 0 Å². The molecule has 0 unspecified atom stereocenters. The van der Waals surface area contributed by atoms with Gasteiger partial charge in [0.15, 0.2) is 0 Å². The number of carboxylic acid groups (broad SMARTS) is 3. The van der Waals surface area contributed by atoms with Gasteiger partial charge in [-0.3, -0.25) is 14.4 Å². The van der Waals surface area contributed by atoms with E-state index >= 15 is 0 Å². The van der Waals surface area contributed by atoms with Crippen LogP contribution in [0, 0.1) is 0 Å². The average molecular weight is 256 g/mol. The predicted octanol–water partition coefficient (Wildman–Crippen LogP) is 0.613. The smallest absolute Gasteiger partial charge is 0.300 e. The van der Waals surface area contributed by atoms with E-state index in [9.17, 15) is 0 Å². The second-order valence-corrected chi connectivity index (χ2v) is 2.90. The van der Waals surface area contributed by atoms with Gasteiger partial charge in [0.05, 0.1) is 0 Å². The Morgan fingerprint density at radius 3 is 0.706 bits per heavy atom. The fourth-order valence-electron chi connectivity index (χ4n) is 0. The van der Waals surface area contributed by atoms with Gasteiger partial charge in [-0.2, -0.15) is 0 Å². The van der Waals surface area contributed by atoms with Crippen LogP contribution in [-0.2, 0) is 14.4 Å². The first-order chi connectivity index (χ1) is 6.93. The van der Waals surface area contributed by atoms with E-state index in [2.05, 4.69) is 0 Å². The lowest BCUT2D eigenvalue weighted by molar-refractivity contribution is -0.135. The van der Waals surface area contributed by atoms with Crippen molar-refractivity contribution in [3.05, 3.63) is 0 Å². The molecule has 0 amide bonds. The van der Waals surface area contributed by atoms with Crippen LogP contribution in [0.2, 0.25) is 0 Å². The van der Waals surface area contributed by atoms with Crippen molar-refractivity contribution in [1.82, 2.24) is 11.1 Å². The number of carboxylic acids is 3. The molecule has 0 bridgehead atoms. The molecule has 0 aromatic rings. The molecule has 0 aliphatic rings. The molecule has 0 saturated carbocycles. The average Bonchev–Trinajstić information content (AvgIpc) is 1.76. The van der Waals surface area contributed by atoms with Crippen LogP contribution in [0.25, 0.3) is 0 Å². The van der Waals surface area contributed by atoms with E-state index in [-0.39, 0.29) is 6.15 Å². The van der Waals surface area contributed by atoms with Crippen LogP contribution in [-0.4, -0.2) is 59.3 Å². The van der Waals surface area contributed by atoms with Crippen molar-refractivity contribution in [2.45, 2.75) is 20.8 Å². The van der Waals surface area contributed by atoms with Crippen LogP contribution >= 0.6 is 0 Å². The van der Waals surface area contributed by atoms with Crippen LogP contribution in [0.3, 0.4) is 0 Å². The third-order valence-corrected chi connectivity index (χ3v) is 0. The Morgan fingerprint density at radius 2 is 0.706 bits per heavy atom. The molecule has 0 fully saturated rings. The number of hydrogen-bond acceptors (Lipinski definition) is 5. The van der Waals surface area contributed by atoms with E-state index in [4.69, 9.17) is 29.7 Å². The lowest BCUT2D eigenvalue weighted by Crippen LogP contribution is -1.99. The van der Waals surface area contributed by atoms with Gasteiger partial charge in [0.1, 0.15) is 0 Å². The van der Waals surface area contributed by atoms with E-state index in [0.29, 0.717) is 0 Å². The molecule has 0 heterocycles. The molecule has 0 radical (unpaired) electrons. The summed E-state index contributed by atoms with van der Waals surface area (Å²) < 4.78 is 0. The van der Waals surface area contributed by atoms with E-state index < -0.39 is 17.9 Å². The Kier molecular flexibility index (Phi) is 41.4. The molecule has 0 aliphatic heterocycles. The monoisotopic (exact) mass is 256 g/mol. The summed E-state index contributed by atoms with van der Waals surface area (Å²) in [6, 6.07) is 0. The van der Waals surface area contributed by atoms with Crippen LogP contribution in [0.4, 0.5) is 0 Å². The minimum Gasteiger partial charge on any atom is -0.481 e. The minimum atomic E-state index is -0.833. The Hall–Kier alpha value is -1.67. The molecule has 0 aromatic heterocycles. The second kappa shape index (κ2) is 23.9. The summed E-state index contributed by atoms with van der Waals surface area (Å²) in [7, 11) is 6.00. The molecule has 8 nitrogen and oxygen atoms in total. The molecule has 0 spiro atoms. The van der Waals surface area contributed by atoms with E-state index in [0.717, 1.165) is 20.8 Å². The third-order valence-electron chi connectivity index (χ3n) is 0. The number of hydrogen-bond donors (Lipinski definition) is 4. The number of aliphatic carboxylic acids is 3. The Labute approximate surface area is 101 Å². The molecule has 17 heavy (non-hydrogen) atoms. The van der Waals surface area contributed by atoms with E-state index in [1.807, 2.05) is 26.0 Å². The van der Waals surface area contributed by atoms with Crippen molar-refractivity contribution in [1.29, 1.82) is 0 Å². The van der Waals surface area contributed by atoms with Gasteiger partial charge in [-0.15, -0.1) is 0 Å². The molecule has 0 aliphatic carbocycles. The van der Waals surface area contributed by atoms with Gasteiger partial charge in [-0.05, 0) is 21.1 Å². The normalized spacial score (nSPS) is 6.53. The maximum atomic E-state index is 9.00.